The maximum Gasteiger partial charge on any atom is 0.113 e. The molecule has 0 saturated heterocycles. The van der Waals surface area contributed by atoms with Crippen LogP contribution in [0.15, 0.2) is 59.3 Å². The molecule has 3 rings (SSSR count). The fraction of sp³-hybridized carbons (Fsp3) is 0.167. The van der Waals surface area contributed by atoms with Crippen molar-refractivity contribution in [2.45, 2.75) is 19.5 Å². The third kappa shape index (κ3) is 4.02. The summed E-state index contributed by atoms with van der Waals surface area (Å²) in [7, 11) is 0. The number of aromatic nitrogens is 2. The molecule has 2 aromatic carbocycles. The van der Waals surface area contributed by atoms with Crippen molar-refractivity contribution in [2.24, 2.45) is 5.73 Å². The first-order chi connectivity index (χ1) is 11.2. The molecule has 1 aromatic heterocycles. The predicted molar refractivity (Wildman–Crippen MR) is 97.6 cm³/mol. The minimum absolute atomic E-state index is 0.559. The lowest BCUT2D eigenvalue weighted by molar-refractivity contribution is 0.739. The van der Waals surface area contributed by atoms with Crippen molar-refractivity contribution in [3.63, 3.8) is 0 Å². The van der Waals surface area contributed by atoms with Crippen molar-refractivity contribution in [1.82, 2.24) is 9.55 Å². The average molecular weight is 391 g/mol. The Morgan fingerprint density at radius 1 is 1.09 bits per heavy atom. The van der Waals surface area contributed by atoms with E-state index in [0.29, 0.717) is 6.54 Å². The number of nitrogens with zero attached hydrogens (tertiary/aromatic N) is 2. The summed E-state index contributed by atoms with van der Waals surface area (Å²) >= 11 is 9.52. The van der Waals surface area contributed by atoms with Crippen LogP contribution in [0.5, 0.6) is 0 Å². The van der Waals surface area contributed by atoms with Crippen LogP contribution in [-0.2, 0) is 19.5 Å². The first kappa shape index (κ1) is 16.2. The van der Waals surface area contributed by atoms with Crippen molar-refractivity contribution in [3.8, 4) is 0 Å². The quantitative estimate of drug-likeness (QED) is 0.702. The number of hydrogen-bond donors (Lipinski definition) is 1. The lowest BCUT2D eigenvalue weighted by Gasteiger charge is -2.10. The van der Waals surface area contributed by atoms with Gasteiger partial charge in [-0.2, -0.15) is 0 Å². The van der Waals surface area contributed by atoms with Gasteiger partial charge < -0.3 is 10.3 Å². The van der Waals surface area contributed by atoms with Crippen LogP contribution in [0.1, 0.15) is 22.5 Å². The Balaban J connectivity index is 1.80. The molecule has 0 aliphatic rings. The van der Waals surface area contributed by atoms with Crippen LogP contribution in [-0.4, -0.2) is 9.55 Å². The van der Waals surface area contributed by atoms with E-state index in [-0.39, 0.29) is 0 Å². The summed E-state index contributed by atoms with van der Waals surface area (Å²) in [5.74, 6) is 1.03. The Morgan fingerprint density at radius 3 is 2.70 bits per heavy atom. The van der Waals surface area contributed by atoms with Crippen molar-refractivity contribution < 1.29 is 0 Å². The Hall–Kier alpha value is -1.62. The molecule has 0 unspecified atom stereocenters. The van der Waals surface area contributed by atoms with Crippen LogP contribution in [0, 0.1) is 0 Å². The first-order valence-corrected chi connectivity index (χ1v) is 8.54. The van der Waals surface area contributed by atoms with E-state index in [9.17, 15) is 0 Å². The summed E-state index contributed by atoms with van der Waals surface area (Å²) in [5, 5.41) is 0.718. The zero-order chi connectivity index (χ0) is 16.2. The second-order valence-electron chi connectivity index (χ2n) is 5.42. The van der Waals surface area contributed by atoms with Gasteiger partial charge in [0.05, 0.1) is 5.02 Å². The highest BCUT2D eigenvalue weighted by atomic mass is 79.9. The molecule has 0 amide bonds. The molecule has 0 radical (unpaired) electrons. The van der Waals surface area contributed by atoms with Gasteiger partial charge in [-0.1, -0.05) is 41.9 Å². The molecule has 1 heterocycles. The van der Waals surface area contributed by atoms with E-state index < -0.39 is 0 Å². The van der Waals surface area contributed by atoms with Gasteiger partial charge in [0.25, 0.3) is 0 Å². The molecule has 3 nitrogen and oxygen atoms in total. The predicted octanol–water partition coefficient (Wildman–Crippen LogP) is 4.40. The molecule has 0 bridgehead atoms. The van der Waals surface area contributed by atoms with Crippen LogP contribution >= 0.6 is 27.5 Å². The van der Waals surface area contributed by atoms with Crippen LogP contribution in [0.3, 0.4) is 0 Å². The molecule has 3 aromatic rings. The molecule has 5 heteroatoms. The van der Waals surface area contributed by atoms with Crippen LogP contribution in [0.2, 0.25) is 5.02 Å². The molecule has 23 heavy (non-hydrogen) atoms. The Bertz CT molecular complexity index is 814. The molecule has 2 N–H and O–H groups in total. The molecular weight excluding hydrogens is 374 g/mol. The van der Waals surface area contributed by atoms with E-state index in [1.807, 2.05) is 42.7 Å². The summed E-state index contributed by atoms with van der Waals surface area (Å²) in [6.45, 7) is 1.35. The first-order valence-electron chi connectivity index (χ1n) is 7.37. The number of hydrogen-bond acceptors (Lipinski definition) is 2. The molecule has 0 spiro atoms. The highest BCUT2D eigenvalue weighted by molar-refractivity contribution is 9.10. The van der Waals surface area contributed by atoms with Gasteiger partial charge in [0.1, 0.15) is 5.82 Å². The third-order valence-corrected chi connectivity index (χ3v) is 4.94. The summed E-state index contributed by atoms with van der Waals surface area (Å²) in [4.78, 5) is 4.49. The second-order valence-corrected chi connectivity index (χ2v) is 6.68. The lowest BCUT2D eigenvalue weighted by Crippen LogP contribution is -2.06. The Labute approximate surface area is 149 Å². The molecular formula is C18H17BrClN3. The van der Waals surface area contributed by atoms with E-state index >= 15 is 0 Å². The lowest BCUT2D eigenvalue weighted by atomic mass is 10.1. The van der Waals surface area contributed by atoms with Gasteiger partial charge >= 0.3 is 0 Å². The van der Waals surface area contributed by atoms with Crippen molar-refractivity contribution >= 4 is 27.5 Å². The fourth-order valence-electron chi connectivity index (χ4n) is 2.54. The maximum absolute atomic E-state index is 6.05. The van der Waals surface area contributed by atoms with Gasteiger partial charge in [-0.15, -0.1) is 0 Å². The van der Waals surface area contributed by atoms with Gasteiger partial charge in [-0.05, 0) is 44.8 Å². The minimum atomic E-state index is 0.559. The van der Waals surface area contributed by atoms with Gasteiger partial charge in [-0.25, -0.2) is 4.98 Å². The molecule has 118 valence electrons. The van der Waals surface area contributed by atoms with E-state index in [1.165, 1.54) is 11.1 Å². The van der Waals surface area contributed by atoms with Gasteiger partial charge in [0, 0.05) is 36.4 Å². The van der Waals surface area contributed by atoms with Gasteiger partial charge in [0.2, 0.25) is 0 Å². The monoisotopic (exact) mass is 389 g/mol. The van der Waals surface area contributed by atoms with E-state index in [1.54, 1.807) is 0 Å². The topological polar surface area (TPSA) is 43.8 Å². The molecule has 0 atom stereocenters. The van der Waals surface area contributed by atoms with Gasteiger partial charge in [0.15, 0.2) is 0 Å². The summed E-state index contributed by atoms with van der Waals surface area (Å²) in [6.07, 6.45) is 4.61. The summed E-state index contributed by atoms with van der Waals surface area (Å²) in [6, 6.07) is 14.3. The number of halogens is 2. The van der Waals surface area contributed by atoms with Gasteiger partial charge in [-0.3, -0.25) is 0 Å². The normalized spacial score (nSPS) is 10.9. The standard InChI is InChI=1S/C18H17BrClN3/c19-16-9-13(4-5-17(16)20)10-18-22-6-7-23(18)12-15-3-1-2-14(8-15)11-21/h1-9H,10-12,21H2. The highest BCUT2D eigenvalue weighted by Gasteiger charge is 2.07. The van der Waals surface area contributed by atoms with E-state index in [2.05, 4.69) is 37.6 Å². The van der Waals surface area contributed by atoms with Crippen LogP contribution in [0.4, 0.5) is 0 Å². The number of benzene rings is 2. The van der Waals surface area contributed by atoms with Crippen molar-refractivity contribution in [2.75, 3.05) is 0 Å². The van der Waals surface area contributed by atoms with Crippen molar-refractivity contribution in [1.29, 1.82) is 0 Å². The van der Waals surface area contributed by atoms with E-state index in [0.717, 1.165) is 33.8 Å². The molecule has 0 saturated carbocycles. The SMILES string of the molecule is NCc1cccc(Cn2ccnc2Cc2ccc(Cl)c(Br)c2)c1. The largest absolute Gasteiger partial charge is 0.330 e. The zero-order valence-electron chi connectivity index (χ0n) is 12.5. The van der Waals surface area contributed by atoms with Crippen molar-refractivity contribution in [3.05, 3.63) is 86.9 Å². The van der Waals surface area contributed by atoms with Crippen LogP contribution in [0.25, 0.3) is 0 Å². The van der Waals surface area contributed by atoms with Crippen LogP contribution < -0.4 is 5.73 Å². The second kappa shape index (κ2) is 7.30. The summed E-state index contributed by atoms with van der Waals surface area (Å²) < 4.78 is 3.07. The fourth-order valence-corrected chi connectivity index (χ4v) is 3.08. The smallest absolute Gasteiger partial charge is 0.113 e. The molecule has 0 aliphatic heterocycles. The zero-order valence-corrected chi connectivity index (χ0v) is 14.9. The third-order valence-electron chi connectivity index (χ3n) is 3.73. The molecule has 0 fully saturated rings. The molecule has 0 aliphatic carbocycles. The van der Waals surface area contributed by atoms with E-state index in [4.69, 9.17) is 17.3 Å². The number of rotatable bonds is 5. The number of nitrogens with two attached hydrogens (primary N) is 1. The minimum Gasteiger partial charge on any atom is -0.330 e. The summed E-state index contributed by atoms with van der Waals surface area (Å²) in [5.41, 5.74) is 9.26. The highest BCUT2D eigenvalue weighted by Crippen LogP contribution is 2.24. The Kier molecular flexibility index (Phi) is 5.16. The average Bonchev–Trinajstić information content (AvgIpc) is 2.98. The maximum atomic E-state index is 6.05. The Morgan fingerprint density at radius 2 is 1.91 bits per heavy atom. The number of imidazole rings is 1.